The first-order chi connectivity index (χ1) is 13.3. The first kappa shape index (κ1) is 18.0. The molecular weight excluding hydrogens is 354 g/mol. The van der Waals surface area contributed by atoms with Gasteiger partial charge in [-0.15, -0.1) is 0 Å². The Bertz CT molecular complexity index is 1150. The molecule has 0 atom stereocenters. The summed E-state index contributed by atoms with van der Waals surface area (Å²) in [5.41, 5.74) is 3.61. The van der Waals surface area contributed by atoms with E-state index in [4.69, 9.17) is 8.94 Å². The lowest BCUT2D eigenvalue weighted by atomic mass is 9.86. The minimum Gasteiger partial charge on any atom is -0.463 e. The standard InChI is InChI=1S/C22H21N3O3/c1-13-19-14(12-17(18-10-7-11-27-18)24-21(19)28-25-13)20(26)23-16-9-6-5-8-15(16)22(2,3)4/h5-12H,1-4H3,(H,23,26). The van der Waals surface area contributed by atoms with Crippen LogP contribution in [0.1, 0.15) is 42.4 Å². The van der Waals surface area contributed by atoms with Crippen LogP contribution in [0.15, 0.2) is 57.7 Å². The maximum Gasteiger partial charge on any atom is 0.259 e. The lowest BCUT2D eigenvalue weighted by Gasteiger charge is -2.23. The number of nitrogens with zero attached hydrogens (tertiary/aromatic N) is 2. The monoisotopic (exact) mass is 375 g/mol. The van der Waals surface area contributed by atoms with Crippen LogP contribution in [0.2, 0.25) is 0 Å². The molecule has 0 saturated carbocycles. The number of aryl methyl sites for hydroxylation is 1. The van der Waals surface area contributed by atoms with Gasteiger partial charge in [-0.2, -0.15) is 0 Å². The van der Waals surface area contributed by atoms with Gasteiger partial charge in [0.2, 0.25) is 0 Å². The highest BCUT2D eigenvalue weighted by Crippen LogP contribution is 2.31. The quantitative estimate of drug-likeness (QED) is 0.523. The Kier molecular flexibility index (Phi) is 4.26. The highest BCUT2D eigenvalue weighted by atomic mass is 16.5. The Hall–Kier alpha value is -3.41. The predicted molar refractivity (Wildman–Crippen MR) is 107 cm³/mol. The highest BCUT2D eigenvalue weighted by Gasteiger charge is 2.23. The van der Waals surface area contributed by atoms with E-state index < -0.39 is 0 Å². The minimum absolute atomic E-state index is 0.107. The van der Waals surface area contributed by atoms with Crippen LogP contribution in [-0.4, -0.2) is 16.0 Å². The molecule has 3 heterocycles. The zero-order chi connectivity index (χ0) is 19.9. The summed E-state index contributed by atoms with van der Waals surface area (Å²) >= 11 is 0. The van der Waals surface area contributed by atoms with Crippen molar-refractivity contribution in [3.05, 3.63) is 65.5 Å². The van der Waals surface area contributed by atoms with Gasteiger partial charge in [-0.05, 0) is 42.2 Å². The average Bonchev–Trinajstić information content (AvgIpc) is 3.31. The van der Waals surface area contributed by atoms with Crippen molar-refractivity contribution in [3.8, 4) is 11.5 Å². The van der Waals surface area contributed by atoms with E-state index in [1.54, 1.807) is 31.4 Å². The summed E-state index contributed by atoms with van der Waals surface area (Å²) in [5.74, 6) is 0.309. The molecule has 0 unspecified atom stereocenters. The smallest absolute Gasteiger partial charge is 0.259 e. The van der Waals surface area contributed by atoms with Crippen molar-refractivity contribution in [2.75, 3.05) is 5.32 Å². The molecular formula is C22H21N3O3. The topological polar surface area (TPSA) is 81.2 Å². The number of fused-ring (bicyclic) bond motifs is 1. The Morgan fingerprint density at radius 1 is 1.11 bits per heavy atom. The largest absolute Gasteiger partial charge is 0.463 e. The number of amides is 1. The third kappa shape index (κ3) is 3.17. The number of hydrogen-bond donors (Lipinski definition) is 1. The summed E-state index contributed by atoms with van der Waals surface area (Å²) in [4.78, 5) is 17.7. The van der Waals surface area contributed by atoms with Crippen molar-refractivity contribution in [3.63, 3.8) is 0 Å². The number of hydrogen-bond acceptors (Lipinski definition) is 5. The molecule has 6 nitrogen and oxygen atoms in total. The molecule has 0 aliphatic rings. The summed E-state index contributed by atoms with van der Waals surface area (Å²) in [7, 11) is 0. The fraction of sp³-hybridized carbons (Fsp3) is 0.227. The Morgan fingerprint density at radius 2 is 1.89 bits per heavy atom. The van der Waals surface area contributed by atoms with Gasteiger partial charge in [-0.1, -0.05) is 44.1 Å². The van der Waals surface area contributed by atoms with Gasteiger partial charge in [0.1, 0.15) is 5.69 Å². The predicted octanol–water partition coefficient (Wildman–Crippen LogP) is 5.34. The minimum atomic E-state index is -0.247. The van der Waals surface area contributed by atoms with Gasteiger partial charge in [0, 0.05) is 5.69 Å². The van der Waals surface area contributed by atoms with Gasteiger partial charge in [0.25, 0.3) is 11.6 Å². The normalized spacial score (nSPS) is 11.7. The van der Waals surface area contributed by atoms with Crippen molar-refractivity contribution in [1.29, 1.82) is 0 Å². The number of benzene rings is 1. The van der Waals surface area contributed by atoms with E-state index in [1.165, 1.54) is 0 Å². The molecule has 4 rings (SSSR count). The molecule has 0 fully saturated rings. The molecule has 6 heteroatoms. The molecule has 0 aliphatic carbocycles. The SMILES string of the molecule is Cc1noc2nc(-c3ccco3)cc(C(=O)Nc3ccccc3C(C)(C)C)c12. The maximum atomic E-state index is 13.2. The molecule has 1 N–H and O–H groups in total. The molecule has 1 amide bonds. The molecule has 0 spiro atoms. The van der Waals surface area contributed by atoms with E-state index in [0.717, 1.165) is 11.3 Å². The van der Waals surface area contributed by atoms with E-state index >= 15 is 0 Å². The molecule has 0 saturated heterocycles. The number of anilines is 1. The van der Waals surface area contributed by atoms with Crippen LogP contribution >= 0.6 is 0 Å². The Labute approximate surface area is 162 Å². The molecule has 142 valence electrons. The zero-order valence-electron chi connectivity index (χ0n) is 16.2. The van der Waals surface area contributed by atoms with Crippen LogP contribution in [0.3, 0.4) is 0 Å². The van der Waals surface area contributed by atoms with Crippen molar-refractivity contribution in [1.82, 2.24) is 10.1 Å². The second kappa shape index (κ2) is 6.64. The maximum absolute atomic E-state index is 13.2. The van der Waals surface area contributed by atoms with Gasteiger partial charge < -0.3 is 14.3 Å². The zero-order valence-corrected chi connectivity index (χ0v) is 16.2. The van der Waals surface area contributed by atoms with Crippen LogP contribution in [0.25, 0.3) is 22.6 Å². The first-order valence-corrected chi connectivity index (χ1v) is 9.06. The second-order valence-corrected chi connectivity index (χ2v) is 7.73. The third-order valence-corrected chi connectivity index (χ3v) is 4.62. The molecule has 3 aromatic heterocycles. The van der Waals surface area contributed by atoms with E-state index in [2.05, 4.69) is 36.2 Å². The molecule has 0 aliphatic heterocycles. The van der Waals surface area contributed by atoms with E-state index in [1.807, 2.05) is 24.3 Å². The number of aromatic nitrogens is 2. The second-order valence-electron chi connectivity index (χ2n) is 7.73. The van der Waals surface area contributed by atoms with Gasteiger partial charge in [0.15, 0.2) is 5.76 Å². The number of carbonyl (C=O) groups excluding carboxylic acids is 1. The molecule has 0 bridgehead atoms. The van der Waals surface area contributed by atoms with Crippen LogP contribution in [0.4, 0.5) is 5.69 Å². The average molecular weight is 375 g/mol. The van der Waals surface area contributed by atoms with Gasteiger partial charge >= 0.3 is 0 Å². The number of pyridine rings is 1. The van der Waals surface area contributed by atoms with Crippen molar-refractivity contribution < 1.29 is 13.7 Å². The summed E-state index contributed by atoms with van der Waals surface area (Å²) in [5, 5.41) is 7.62. The van der Waals surface area contributed by atoms with Crippen LogP contribution in [0.5, 0.6) is 0 Å². The van der Waals surface area contributed by atoms with Crippen molar-refractivity contribution in [2.24, 2.45) is 0 Å². The number of para-hydroxylation sites is 1. The Morgan fingerprint density at radius 3 is 2.61 bits per heavy atom. The van der Waals surface area contributed by atoms with Crippen molar-refractivity contribution in [2.45, 2.75) is 33.1 Å². The molecule has 28 heavy (non-hydrogen) atoms. The Balaban J connectivity index is 1.81. The third-order valence-electron chi connectivity index (χ3n) is 4.62. The molecule has 4 aromatic rings. The number of furan rings is 1. The molecule has 1 aromatic carbocycles. The summed E-state index contributed by atoms with van der Waals surface area (Å²) < 4.78 is 10.8. The van der Waals surface area contributed by atoms with Crippen LogP contribution in [0, 0.1) is 6.92 Å². The molecule has 0 radical (unpaired) electrons. The fourth-order valence-electron chi connectivity index (χ4n) is 3.26. The van der Waals surface area contributed by atoms with Gasteiger partial charge in [-0.25, -0.2) is 4.98 Å². The van der Waals surface area contributed by atoms with E-state index in [-0.39, 0.29) is 11.3 Å². The summed E-state index contributed by atoms with van der Waals surface area (Å²) in [6.07, 6.45) is 1.56. The van der Waals surface area contributed by atoms with E-state index in [0.29, 0.717) is 33.8 Å². The first-order valence-electron chi connectivity index (χ1n) is 9.06. The number of nitrogens with one attached hydrogen (secondary N) is 1. The van der Waals surface area contributed by atoms with Crippen LogP contribution < -0.4 is 5.32 Å². The van der Waals surface area contributed by atoms with E-state index in [9.17, 15) is 4.79 Å². The van der Waals surface area contributed by atoms with Gasteiger partial charge in [-0.3, -0.25) is 4.79 Å². The fourth-order valence-corrected chi connectivity index (χ4v) is 3.26. The lowest BCUT2D eigenvalue weighted by molar-refractivity contribution is 0.102. The highest BCUT2D eigenvalue weighted by molar-refractivity contribution is 6.13. The van der Waals surface area contributed by atoms with Gasteiger partial charge in [0.05, 0.1) is 22.9 Å². The van der Waals surface area contributed by atoms with Crippen molar-refractivity contribution >= 4 is 22.7 Å². The lowest BCUT2D eigenvalue weighted by Crippen LogP contribution is -2.19. The number of rotatable bonds is 3. The van der Waals surface area contributed by atoms with Crippen LogP contribution in [-0.2, 0) is 5.41 Å². The number of carbonyl (C=O) groups is 1. The summed E-state index contributed by atoms with van der Waals surface area (Å²) in [6.45, 7) is 8.13. The summed E-state index contributed by atoms with van der Waals surface area (Å²) in [6, 6.07) is 13.1.